The van der Waals surface area contributed by atoms with E-state index in [-0.39, 0.29) is 37.3 Å². The number of rotatable bonds is 19. The fraction of sp³-hybridized carbons (Fsp3) is 0.875. The van der Waals surface area contributed by atoms with Crippen molar-refractivity contribution in [2.45, 2.75) is 105 Å². The number of esters is 2. The molecule has 0 radical (unpaired) electrons. The highest BCUT2D eigenvalue weighted by atomic mass is 16.5. The van der Waals surface area contributed by atoms with E-state index in [4.69, 9.17) is 9.47 Å². The SMILES string of the molecule is CCCCCCCCC(=O)OCC(CC=O)CC(=O)OCC(CCCC)C(C)C. The first-order valence-corrected chi connectivity index (χ1v) is 11.7. The third kappa shape index (κ3) is 16.1. The molecule has 5 nitrogen and oxygen atoms in total. The summed E-state index contributed by atoms with van der Waals surface area (Å²) in [7, 11) is 0. The number of carbonyl (C=O) groups excluding carboxylic acids is 3. The number of carbonyl (C=O) groups is 3. The van der Waals surface area contributed by atoms with Gasteiger partial charge in [0.25, 0.3) is 0 Å². The van der Waals surface area contributed by atoms with E-state index >= 15 is 0 Å². The molecule has 29 heavy (non-hydrogen) atoms. The Morgan fingerprint density at radius 1 is 0.828 bits per heavy atom. The van der Waals surface area contributed by atoms with E-state index in [1.54, 1.807) is 0 Å². The average Bonchev–Trinajstić information content (AvgIpc) is 2.68. The number of hydrogen-bond donors (Lipinski definition) is 0. The maximum atomic E-state index is 12.2. The molecule has 0 amide bonds. The average molecular weight is 413 g/mol. The summed E-state index contributed by atoms with van der Waals surface area (Å²) in [5.74, 6) is -0.0431. The van der Waals surface area contributed by atoms with E-state index in [1.165, 1.54) is 19.3 Å². The summed E-state index contributed by atoms with van der Waals surface area (Å²) in [6.45, 7) is 9.15. The highest BCUT2D eigenvalue weighted by molar-refractivity contribution is 5.71. The lowest BCUT2D eigenvalue weighted by Crippen LogP contribution is -2.22. The largest absolute Gasteiger partial charge is 0.465 e. The van der Waals surface area contributed by atoms with Crippen molar-refractivity contribution < 1.29 is 23.9 Å². The number of aldehydes is 1. The molecule has 2 atom stereocenters. The first kappa shape index (κ1) is 27.6. The maximum absolute atomic E-state index is 12.2. The second-order valence-corrected chi connectivity index (χ2v) is 8.50. The summed E-state index contributed by atoms with van der Waals surface area (Å²) in [4.78, 5) is 35.0. The zero-order valence-corrected chi connectivity index (χ0v) is 19.3. The van der Waals surface area contributed by atoms with Gasteiger partial charge in [-0.25, -0.2) is 0 Å². The van der Waals surface area contributed by atoms with Crippen molar-refractivity contribution >= 4 is 18.2 Å². The second-order valence-electron chi connectivity index (χ2n) is 8.50. The Morgan fingerprint density at radius 3 is 2.07 bits per heavy atom. The van der Waals surface area contributed by atoms with Crippen molar-refractivity contribution in [1.29, 1.82) is 0 Å². The van der Waals surface area contributed by atoms with Crippen LogP contribution in [0.4, 0.5) is 0 Å². The van der Waals surface area contributed by atoms with Crippen molar-refractivity contribution in [2.75, 3.05) is 13.2 Å². The lowest BCUT2D eigenvalue weighted by Gasteiger charge is -2.21. The molecule has 0 aromatic rings. The van der Waals surface area contributed by atoms with E-state index in [2.05, 4.69) is 27.7 Å². The van der Waals surface area contributed by atoms with Gasteiger partial charge in [-0.3, -0.25) is 9.59 Å². The van der Waals surface area contributed by atoms with Gasteiger partial charge in [-0.1, -0.05) is 72.6 Å². The Balaban J connectivity index is 4.17. The minimum atomic E-state index is -0.314. The quantitative estimate of drug-likeness (QED) is 0.150. The third-order valence-electron chi connectivity index (χ3n) is 5.43. The molecule has 170 valence electrons. The molecule has 5 heteroatoms. The van der Waals surface area contributed by atoms with Crippen molar-refractivity contribution in [1.82, 2.24) is 0 Å². The van der Waals surface area contributed by atoms with Gasteiger partial charge < -0.3 is 14.3 Å². The molecule has 0 aliphatic rings. The highest BCUT2D eigenvalue weighted by Crippen LogP contribution is 2.19. The van der Waals surface area contributed by atoms with E-state index < -0.39 is 0 Å². The molecule has 0 aromatic carbocycles. The van der Waals surface area contributed by atoms with Gasteiger partial charge in [-0.15, -0.1) is 0 Å². The molecular weight excluding hydrogens is 368 g/mol. The molecule has 0 spiro atoms. The van der Waals surface area contributed by atoms with Crippen molar-refractivity contribution in [2.24, 2.45) is 17.8 Å². The van der Waals surface area contributed by atoms with Crippen molar-refractivity contribution in [3.05, 3.63) is 0 Å². The van der Waals surface area contributed by atoms with E-state index in [1.807, 2.05) is 0 Å². The summed E-state index contributed by atoms with van der Waals surface area (Å²) in [5, 5.41) is 0. The second kappa shape index (κ2) is 18.6. The topological polar surface area (TPSA) is 69.7 Å². The minimum Gasteiger partial charge on any atom is -0.465 e. The summed E-state index contributed by atoms with van der Waals surface area (Å²) < 4.78 is 10.8. The van der Waals surface area contributed by atoms with Crippen LogP contribution in [0.2, 0.25) is 0 Å². The van der Waals surface area contributed by atoms with Gasteiger partial charge in [0.15, 0.2) is 0 Å². The smallest absolute Gasteiger partial charge is 0.306 e. The fourth-order valence-electron chi connectivity index (χ4n) is 3.25. The molecule has 0 heterocycles. The predicted octanol–water partition coefficient (Wildman–Crippen LogP) is 5.88. The molecule has 0 fully saturated rings. The number of ether oxygens (including phenoxy) is 2. The minimum absolute atomic E-state index is 0.103. The van der Waals surface area contributed by atoms with Crippen LogP contribution in [-0.4, -0.2) is 31.4 Å². The van der Waals surface area contributed by atoms with Crippen molar-refractivity contribution in [3.63, 3.8) is 0 Å². The zero-order chi connectivity index (χ0) is 21.9. The molecule has 0 saturated carbocycles. The normalized spacial score (nSPS) is 13.1. The number of hydrogen-bond acceptors (Lipinski definition) is 5. The van der Waals surface area contributed by atoms with Gasteiger partial charge in [-0.2, -0.15) is 0 Å². The van der Waals surface area contributed by atoms with Crippen LogP contribution < -0.4 is 0 Å². The fourth-order valence-corrected chi connectivity index (χ4v) is 3.25. The van der Waals surface area contributed by atoms with Crippen LogP contribution in [0.5, 0.6) is 0 Å². The van der Waals surface area contributed by atoms with E-state index in [0.717, 1.165) is 44.8 Å². The predicted molar refractivity (Wildman–Crippen MR) is 117 cm³/mol. The standard InChI is InChI=1S/C24H44O5/c1-5-7-9-10-11-12-14-23(26)28-18-21(15-16-25)17-24(27)29-19-22(20(3)4)13-8-6-2/h16,20-22H,5-15,17-19H2,1-4H3. The van der Waals surface area contributed by atoms with Gasteiger partial charge in [-0.05, 0) is 24.7 Å². The van der Waals surface area contributed by atoms with Crippen LogP contribution >= 0.6 is 0 Å². The number of unbranched alkanes of at least 4 members (excludes halogenated alkanes) is 6. The molecule has 0 aromatic heterocycles. The van der Waals surface area contributed by atoms with Gasteiger partial charge in [0.05, 0.1) is 19.6 Å². The summed E-state index contributed by atoms with van der Waals surface area (Å²) >= 11 is 0. The first-order valence-electron chi connectivity index (χ1n) is 11.7. The molecule has 2 unspecified atom stereocenters. The summed E-state index contributed by atoms with van der Waals surface area (Å²) in [5.41, 5.74) is 0. The summed E-state index contributed by atoms with van der Waals surface area (Å²) in [6.07, 6.45) is 11.5. The molecule has 0 aliphatic carbocycles. The van der Waals surface area contributed by atoms with E-state index in [9.17, 15) is 14.4 Å². The molecular formula is C24H44O5. The van der Waals surface area contributed by atoms with Gasteiger partial charge in [0.1, 0.15) is 6.29 Å². The van der Waals surface area contributed by atoms with Crippen LogP contribution in [0.1, 0.15) is 105 Å². The van der Waals surface area contributed by atoms with Crippen molar-refractivity contribution in [3.8, 4) is 0 Å². The Kier molecular flexibility index (Phi) is 17.7. The van der Waals surface area contributed by atoms with E-state index in [0.29, 0.717) is 24.9 Å². The highest BCUT2D eigenvalue weighted by Gasteiger charge is 2.20. The van der Waals surface area contributed by atoms with Gasteiger partial charge in [0.2, 0.25) is 0 Å². The van der Waals surface area contributed by atoms with Gasteiger partial charge >= 0.3 is 11.9 Å². The Labute approximate surface area is 178 Å². The molecule has 0 N–H and O–H groups in total. The third-order valence-corrected chi connectivity index (χ3v) is 5.43. The van der Waals surface area contributed by atoms with Crippen LogP contribution in [-0.2, 0) is 23.9 Å². The Morgan fingerprint density at radius 2 is 1.45 bits per heavy atom. The lowest BCUT2D eigenvalue weighted by atomic mass is 9.91. The van der Waals surface area contributed by atoms with Gasteiger partial charge in [0, 0.05) is 18.8 Å². The zero-order valence-electron chi connectivity index (χ0n) is 19.3. The monoisotopic (exact) mass is 412 g/mol. The van der Waals surface area contributed by atoms with Crippen LogP contribution in [0, 0.1) is 17.8 Å². The first-order chi connectivity index (χ1) is 13.9. The molecule has 0 rings (SSSR count). The maximum Gasteiger partial charge on any atom is 0.306 e. The molecule has 0 saturated heterocycles. The lowest BCUT2D eigenvalue weighted by molar-refractivity contribution is -0.151. The summed E-state index contributed by atoms with van der Waals surface area (Å²) in [6, 6.07) is 0. The molecule has 0 aliphatic heterocycles. The van der Waals surface area contributed by atoms with Crippen LogP contribution in [0.25, 0.3) is 0 Å². The molecule has 0 bridgehead atoms. The Bertz CT molecular complexity index is 433. The Hall–Kier alpha value is -1.39. The van der Waals surface area contributed by atoms with Crippen LogP contribution in [0.3, 0.4) is 0 Å². The van der Waals surface area contributed by atoms with Crippen LogP contribution in [0.15, 0.2) is 0 Å².